The lowest BCUT2D eigenvalue weighted by atomic mass is 10.2. The van der Waals surface area contributed by atoms with E-state index in [4.69, 9.17) is 4.74 Å². The number of hydrogen-bond donors (Lipinski definition) is 0. The molecule has 0 saturated carbocycles. The Morgan fingerprint density at radius 3 is 2.68 bits per heavy atom. The zero-order valence-corrected chi connectivity index (χ0v) is 10.3. The van der Waals surface area contributed by atoms with Gasteiger partial charge < -0.3 is 4.74 Å². The van der Waals surface area contributed by atoms with Crippen LogP contribution in [0.15, 0.2) is 30.6 Å². The Bertz CT molecular complexity index is 565. The van der Waals surface area contributed by atoms with E-state index in [1.54, 1.807) is 13.0 Å². The summed E-state index contributed by atoms with van der Waals surface area (Å²) in [6.45, 7) is 1.74. The average Bonchev–Trinajstić information content (AvgIpc) is 2.86. The predicted octanol–water partition coefficient (Wildman–Crippen LogP) is 2.99. The molecule has 0 bridgehead atoms. The molecule has 0 aliphatic heterocycles. The third-order valence-corrected chi connectivity index (χ3v) is 2.74. The third kappa shape index (κ3) is 2.76. The lowest BCUT2D eigenvalue weighted by molar-refractivity contribution is -0.137. The van der Waals surface area contributed by atoms with Crippen LogP contribution in [0, 0.1) is 0 Å². The maximum atomic E-state index is 12.7. The summed E-state index contributed by atoms with van der Waals surface area (Å²) >= 11 is 0. The van der Waals surface area contributed by atoms with Crippen molar-refractivity contribution in [1.29, 1.82) is 0 Å². The van der Waals surface area contributed by atoms with Gasteiger partial charge in [0.15, 0.2) is 5.82 Å². The van der Waals surface area contributed by atoms with E-state index in [1.807, 2.05) is 0 Å². The topological polar surface area (TPSA) is 39.9 Å². The summed E-state index contributed by atoms with van der Waals surface area (Å²) in [5.41, 5.74) is -0.367. The van der Waals surface area contributed by atoms with E-state index in [0.29, 0.717) is 11.5 Å². The van der Waals surface area contributed by atoms with Crippen LogP contribution in [0.4, 0.5) is 13.2 Å². The summed E-state index contributed by atoms with van der Waals surface area (Å²) in [4.78, 5) is 0. The Balaban J connectivity index is 2.46. The fourth-order valence-electron chi connectivity index (χ4n) is 1.66. The fraction of sp³-hybridized carbons (Fsp3) is 0.333. The van der Waals surface area contributed by atoms with Gasteiger partial charge in [0.2, 0.25) is 0 Å². The number of alkyl halides is 3. The first-order valence-corrected chi connectivity index (χ1v) is 5.54. The van der Waals surface area contributed by atoms with Gasteiger partial charge >= 0.3 is 6.18 Å². The van der Waals surface area contributed by atoms with E-state index < -0.39 is 11.7 Å². The maximum Gasteiger partial charge on any atom is 0.416 e. The second-order valence-electron chi connectivity index (χ2n) is 3.99. The zero-order valence-electron chi connectivity index (χ0n) is 10.3. The monoisotopic (exact) mass is 271 g/mol. The highest BCUT2D eigenvalue weighted by molar-refractivity contribution is 5.37. The molecule has 102 valence electrons. The highest BCUT2D eigenvalue weighted by Crippen LogP contribution is 2.30. The Morgan fingerprint density at radius 1 is 1.32 bits per heavy atom. The number of benzene rings is 1. The van der Waals surface area contributed by atoms with Crippen molar-refractivity contribution in [2.45, 2.75) is 19.2 Å². The molecule has 19 heavy (non-hydrogen) atoms. The Hall–Kier alpha value is -1.89. The van der Waals surface area contributed by atoms with Crippen LogP contribution in [0.2, 0.25) is 0 Å². The van der Waals surface area contributed by atoms with Crippen LogP contribution < -0.4 is 0 Å². The number of rotatable bonds is 3. The molecule has 1 unspecified atom stereocenters. The first-order valence-electron chi connectivity index (χ1n) is 5.54. The van der Waals surface area contributed by atoms with Gasteiger partial charge in [0.05, 0.1) is 5.56 Å². The normalized spacial score (nSPS) is 13.5. The molecule has 4 nitrogen and oxygen atoms in total. The quantitative estimate of drug-likeness (QED) is 0.861. The number of aromatic nitrogens is 3. The van der Waals surface area contributed by atoms with Gasteiger partial charge in [-0.1, -0.05) is 6.07 Å². The minimum Gasteiger partial charge on any atom is -0.374 e. The molecule has 0 aliphatic carbocycles. The standard InChI is InChI=1S/C12H12F3N3O/c1-8(19-2)11-17-16-7-18(11)10-5-3-4-9(6-10)12(13,14)15/h3-8H,1-2H3. The summed E-state index contributed by atoms with van der Waals surface area (Å²) in [5, 5.41) is 7.57. The molecule has 0 amide bonds. The predicted molar refractivity (Wildman–Crippen MR) is 61.8 cm³/mol. The Kier molecular flexibility index (Phi) is 3.57. The minimum atomic E-state index is -4.38. The van der Waals surface area contributed by atoms with Crippen molar-refractivity contribution in [3.8, 4) is 5.69 Å². The lowest BCUT2D eigenvalue weighted by Crippen LogP contribution is -2.09. The van der Waals surface area contributed by atoms with Crippen LogP contribution in [0.5, 0.6) is 0 Å². The van der Waals surface area contributed by atoms with Gasteiger partial charge in [-0.15, -0.1) is 10.2 Å². The molecular formula is C12H12F3N3O. The van der Waals surface area contributed by atoms with Crippen molar-refractivity contribution in [3.05, 3.63) is 42.0 Å². The van der Waals surface area contributed by atoms with E-state index in [1.165, 1.54) is 24.1 Å². The van der Waals surface area contributed by atoms with Gasteiger partial charge in [0, 0.05) is 12.8 Å². The molecule has 7 heteroatoms. The third-order valence-electron chi connectivity index (χ3n) is 2.74. The van der Waals surface area contributed by atoms with Crippen LogP contribution >= 0.6 is 0 Å². The Labute approximate surface area is 107 Å². The van der Waals surface area contributed by atoms with Crippen molar-refractivity contribution in [2.75, 3.05) is 7.11 Å². The largest absolute Gasteiger partial charge is 0.416 e. The molecule has 0 radical (unpaired) electrons. The zero-order chi connectivity index (χ0) is 14.0. The second kappa shape index (κ2) is 5.00. The van der Waals surface area contributed by atoms with E-state index in [9.17, 15) is 13.2 Å². The van der Waals surface area contributed by atoms with Crippen LogP contribution in [0.25, 0.3) is 5.69 Å². The van der Waals surface area contributed by atoms with E-state index in [-0.39, 0.29) is 6.10 Å². The number of halogens is 3. The van der Waals surface area contributed by atoms with Gasteiger partial charge in [0.1, 0.15) is 12.4 Å². The van der Waals surface area contributed by atoms with Gasteiger partial charge in [-0.2, -0.15) is 13.2 Å². The van der Waals surface area contributed by atoms with Crippen LogP contribution in [0.3, 0.4) is 0 Å². The van der Waals surface area contributed by atoms with Crippen LogP contribution in [-0.4, -0.2) is 21.9 Å². The smallest absolute Gasteiger partial charge is 0.374 e. The van der Waals surface area contributed by atoms with Crippen molar-refractivity contribution in [3.63, 3.8) is 0 Å². The summed E-state index contributed by atoms with van der Waals surface area (Å²) in [7, 11) is 1.50. The summed E-state index contributed by atoms with van der Waals surface area (Å²) in [6, 6.07) is 4.98. The maximum absolute atomic E-state index is 12.7. The summed E-state index contributed by atoms with van der Waals surface area (Å²) in [5.74, 6) is 0.446. The van der Waals surface area contributed by atoms with Gasteiger partial charge in [-0.3, -0.25) is 4.57 Å². The van der Waals surface area contributed by atoms with Gasteiger partial charge in [0.25, 0.3) is 0 Å². The second-order valence-corrected chi connectivity index (χ2v) is 3.99. The van der Waals surface area contributed by atoms with Crippen molar-refractivity contribution < 1.29 is 17.9 Å². The highest BCUT2D eigenvalue weighted by Gasteiger charge is 2.30. The molecule has 0 spiro atoms. The molecule has 2 rings (SSSR count). The van der Waals surface area contributed by atoms with Crippen LogP contribution in [0.1, 0.15) is 24.4 Å². The van der Waals surface area contributed by atoms with Gasteiger partial charge in [-0.25, -0.2) is 0 Å². The molecule has 0 fully saturated rings. The van der Waals surface area contributed by atoms with Gasteiger partial charge in [-0.05, 0) is 25.1 Å². The SMILES string of the molecule is COC(C)c1nncn1-c1cccc(C(F)(F)F)c1. The van der Waals surface area contributed by atoms with E-state index >= 15 is 0 Å². The number of ether oxygens (including phenoxy) is 1. The Morgan fingerprint density at radius 2 is 2.05 bits per heavy atom. The van der Waals surface area contributed by atoms with Crippen LogP contribution in [-0.2, 0) is 10.9 Å². The average molecular weight is 271 g/mol. The molecule has 0 N–H and O–H groups in total. The minimum absolute atomic E-state index is 0.346. The molecular weight excluding hydrogens is 259 g/mol. The molecule has 1 aromatic carbocycles. The molecule has 2 aromatic rings. The highest BCUT2D eigenvalue weighted by atomic mass is 19.4. The molecule has 1 heterocycles. The fourth-order valence-corrected chi connectivity index (χ4v) is 1.66. The van der Waals surface area contributed by atoms with E-state index in [2.05, 4.69) is 10.2 Å². The molecule has 1 atom stereocenters. The van der Waals surface area contributed by atoms with Crippen molar-refractivity contribution in [2.24, 2.45) is 0 Å². The first kappa shape index (κ1) is 13.5. The first-order chi connectivity index (χ1) is 8.93. The number of hydrogen-bond acceptors (Lipinski definition) is 3. The molecule has 0 aliphatic rings. The van der Waals surface area contributed by atoms with Crippen molar-refractivity contribution >= 4 is 0 Å². The lowest BCUT2D eigenvalue weighted by Gasteiger charge is -2.13. The summed E-state index contributed by atoms with van der Waals surface area (Å²) < 4.78 is 44.6. The molecule has 0 saturated heterocycles. The van der Waals surface area contributed by atoms with Crippen molar-refractivity contribution in [1.82, 2.24) is 14.8 Å². The molecule has 1 aromatic heterocycles. The number of methoxy groups -OCH3 is 1. The van der Waals surface area contributed by atoms with E-state index in [0.717, 1.165) is 12.1 Å². The number of nitrogens with zero attached hydrogens (tertiary/aromatic N) is 3. The summed E-state index contributed by atoms with van der Waals surface area (Å²) in [6.07, 6.45) is -3.38.